The summed E-state index contributed by atoms with van der Waals surface area (Å²) in [6.45, 7) is 2.06. The Kier molecular flexibility index (Phi) is 6.54. The van der Waals surface area contributed by atoms with Crippen LogP contribution in [0.2, 0.25) is 0 Å². The van der Waals surface area contributed by atoms with Crippen LogP contribution in [-0.4, -0.2) is 49.2 Å². The summed E-state index contributed by atoms with van der Waals surface area (Å²) < 4.78 is 39.7. The van der Waals surface area contributed by atoms with E-state index in [9.17, 15) is 22.4 Å². The van der Waals surface area contributed by atoms with Crippen molar-refractivity contribution in [3.05, 3.63) is 76.0 Å². The number of hydrogen-bond donors (Lipinski definition) is 2. The van der Waals surface area contributed by atoms with Gasteiger partial charge in [0.2, 0.25) is 15.9 Å². The Morgan fingerprint density at radius 2 is 1.88 bits per heavy atom. The Morgan fingerprint density at radius 3 is 2.55 bits per heavy atom. The van der Waals surface area contributed by atoms with E-state index in [2.05, 4.69) is 15.6 Å². The van der Waals surface area contributed by atoms with Gasteiger partial charge in [-0.05, 0) is 48.9 Å². The molecule has 0 unspecified atom stereocenters. The van der Waals surface area contributed by atoms with Crippen LogP contribution >= 0.6 is 11.3 Å². The molecule has 11 heteroatoms. The van der Waals surface area contributed by atoms with Gasteiger partial charge in [-0.2, -0.15) is 4.31 Å². The molecule has 0 saturated carbocycles. The van der Waals surface area contributed by atoms with Gasteiger partial charge in [-0.15, -0.1) is 11.3 Å². The van der Waals surface area contributed by atoms with Gasteiger partial charge in [0.1, 0.15) is 5.82 Å². The maximum atomic E-state index is 13.1. The van der Waals surface area contributed by atoms with Crippen LogP contribution in [0.3, 0.4) is 0 Å². The Labute approximate surface area is 194 Å². The van der Waals surface area contributed by atoms with Gasteiger partial charge in [0, 0.05) is 30.0 Å². The highest BCUT2D eigenvalue weighted by atomic mass is 32.2. The molecule has 1 fully saturated rings. The van der Waals surface area contributed by atoms with E-state index in [0.29, 0.717) is 11.6 Å². The monoisotopic (exact) mass is 488 g/mol. The highest BCUT2D eigenvalue weighted by molar-refractivity contribution is 7.89. The second kappa shape index (κ2) is 9.38. The summed E-state index contributed by atoms with van der Waals surface area (Å²) in [5.41, 5.74) is 1.98. The predicted octanol–water partition coefficient (Wildman–Crippen LogP) is 2.55. The van der Waals surface area contributed by atoms with Crippen molar-refractivity contribution < 1.29 is 22.4 Å². The lowest BCUT2D eigenvalue weighted by atomic mass is 10.1. The fraction of sp³-hybridized carbons (Fsp3) is 0.227. The normalized spacial score (nSPS) is 14.7. The molecule has 0 atom stereocenters. The molecule has 4 rings (SSSR count). The largest absolute Gasteiger partial charge is 0.354 e. The van der Waals surface area contributed by atoms with E-state index in [0.717, 1.165) is 20.4 Å². The standard InChI is InChI=1S/C22H21FN4O4S2/c1-14-19(12-15-2-6-17(23)7-3-15)32-22(25-14)26-21(29)16-4-8-18(9-5-16)33(30,31)27-11-10-24-20(28)13-27/h2-9H,10-13H2,1H3,(H,24,28)(H,25,26,29). The molecule has 8 nitrogen and oxygen atoms in total. The van der Waals surface area contributed by atoms with Crippen LogP contribution < -0.4 is 10.6 Å². The molecule has 172 valence electrons. The molecular formula is C22H21FN4O4S2. The second-order valence-corrected chi connectivity index (χ2v) is 10.5. The number of aromatic nitrogens is 1. The number of rotatable bonds is 6. The van der Waals surface area contributed by atoms with Gasteiger partial charge >= 0.3 is 0 Å². The minimum atomic E-state index is -3.82. The fourth-order valence-corrected chi connectivity index (χ4v) is 5.74. The third kappa shape index (κ3) is 5.27. The lowest BCUT2D eigenvalue weighted by Crippen LogP contribution is -2.49. The summed E-state index contributed by atoms with van der Waals surface area (Å²) in [5, 5.41) is 5.75. The highest BCUT2D eigenvalue weighted by Crippen LogP contribution is 2.26. The average Bonchev–Trinajstić information content (AvgIpc) is 3.13. The van der Waals surface area contributed by atoms with Crippen molar-refractivity contribution in [2.75, 3.05) is 25.0 Å². The summed E-state index contributed by atoms with van der Waals surface area (Å²) in [6.07, 6.45) is 0.570. The molecule has 0 radical (unpaired) electrons. The first-order valence-electron chi connectivity index (χ1n) is 10.1. The number of benzene rings is 2. The smallest absolute Gasteiger partial charge is 0.257 e. The zero-order valence-electron chi connectivity index (χ0n) is 17.7. The Morgan fingerprint density at radius 1 is 1.18 bits per heavy atom. The summed E-state index contributed by atoms with van der Waals surface area (Å²) in [7, 11) is -3.82. The van der Waals surface area contributed by atoms with Gasteiger partial charge in [-0.25, -0.2) is 17.8 Å². The van der Waals surface area contributed by atoms with Crippen LogP contribution in [0.1, 0.15) is 26.5 Å². The molecule has 2 aromatic carbocycles. The summed E-state index contributed by atoms with van der Waals surface area (Å²) in [4.78, 5) is 29.5. The van der Waals surface area contributed by atoms with Crippen molar-refractivity contribution in [2.24, 2.45) is 0 Å². The van der Waals surface area contributed by atoms with Crippen LogP contribution in [-0.2, 0) is 21.2 Å². The molecule has 1 aliphatic rings. The summed E-state index contributed by atoms with van der Waals surface area (Å²) in [5.74, 6) is -1.07. The lowest BCUT2D eigenvalue weighted by Gasteiger charge is -2.25. The lowest BCUT2D eigenvalue weighted by molar-refractivity contribution is -0.122. The van der Waals surface area contributed by atoms with Crippen LogP contribution in [0, 0.1) is 12.7 Å². The molecule has 2 heterocycles. The van der Waals surface area contributed by atoms with E-state index >= 15 is 0 Å². The zero-order valence-corrected chi connectivity index (χ0v) is 19.3. The van der Waals surface area contributed by atoms with Crippen LogP contribution in [0.15, 0.2) is 53.4 Å². The number of halogens is 1. The first kappa shape index (κ1) is 23.0. The molecule has 1 aliphatic heterocycles. The van der Waals surface area contributed by atoms with Crippen molar-refractivity contribution in [3.63, 3.8) is 0 Å². The van der Waals surface area contributed by atoms with E-state index < -0.39 is 15.9 Å². The molecule has 2 amide bonds. The Hall–Kier alpha value is -3.15. The van der Waals surface area contributed by atoms with Gasteiger partial charge in [0.25, 0.3) is 5.91 Å². The number of aryl methyl sites for hydroxylation is 1. The first-order valence-corrected chi connectivity index (χ1v) is 12.4. The van der Waals surface area contributed by atoms with Gasteiger partial charge in [-0.3, -0.25) is 14.9 Å². The molecule has 3 aromatic rings. The minimum absolute atomic E-state index is 0.0143. The van der Waals surface area contributed by atoms with Crippen molar-refractivity contribution >= 4 is 38.3 Å². The summed E-state index contributed by atoms with van der Waals surface area (Å²) >= 11 is 1.33. The average molecular weight is 489 g/mol. The third-order valence-electron chi connectivity index (χ3n) is 5.15. The van der Waals surface area contributed by atoms with Gasteiger partial charge in [0.05, 0.1) is 17.1 Å². The van der Waals surface area contributed by atoms with Crippen LogP contribution in [0.4, 0.5) is 9.52 Å². The van der Waals surface area contributed by atoms with E-state index in [1.54, 1.807) is 12.1 Å². The van der Waals surface area contributed by atoms with E-state index in [1.165, 1.54) is 47.7 Å². The van der Waals surface area contributed by atoms with Crippen molar-refractivity contribution in [3.8, 4) is 0 Å². The van der Waals surface area contributed by atoms with E-state index in [-0.39, 0.29) is 41.8 Å². The minimum Gasteiger partial charge on any atom is -0.354 e. The number of sulfonamides is 1. The Bertz CT molecular complexity index is 1290. The van der Waals surface area contributed by atoms with Gasteiger partial charge in [0.15, 0.2) is 5.13 Å². The van der Waals surface area contributed by atoms with Crippen molar-refractivity contribution in [2.45, 2.75) is 18.2 Å². The highest BCUT2D eigenvalue weighted by Gasteiger charge is 2.29. The van der Waals surface area contributed by atoms with Crippen molar-refractivity contribution in [1.82, 2.24) is 14.6 Å². The molecule has 0 bridgehead atoms. The number of thiazole rings is 1. The number of nitrogens with one attached hydrogen (secondary N) is 2. The fourth-order valence-electron chi connectivity index (χ4n) is 3.35. The number of hydrogen-bond acceptors (Lipinski definition) is 6. The molecule has 1 aromatic heterocycles. The van der Waals surface area contributed by atoms with Gasteiger partial charge < -0.3 is 5.32 Å². The van der Waals surface area contributed by atoms with Crippen molar-refractivity contribution in [1.29, 1.82) is 0 Å². The number of anilines is 1. The third-order valence-corrected chi connectivity index (χ3v) is 8.08. The van der Waals surface area contributed by atoms with Crippen LogP contribution in [0.25, 0.3) is 0 Å². The summed E-state index contributed by atoms with van der Waals surface area (Å²) in [6, 6.07) is 11.8. The SMILES string of the molecule is Cc1nc(NC(=O)c2ccc(S(=O)(=O)N3CCNC(=O)C3)cc2)sc1Cc1ccc(F)cc1. The van der Waals surface area contributed by atoms with E-state index in [1.807, 2.05) is 6.92 Å². The molecule has 2 N–H and O–H groups in total. The molecule has 0 aliphatic carbocycles. The quantitative estimate of drug-likeness (QED) is 0.554. The second-order valence-electron chi connectivity index (χ2n) is 7.50. The zero-order chi connectivity index (χ0) is 23.6. The number of amides is 2. The topological polar surface area (TPSA) is 108 Å². The molecule has 0 spiro atoms. The van der Waals surface area contributed by atoms with Gasteiger partial charge in [-0.1, -0.05) is 12.1 Å². The maximum absolute atomic E-state index is 13.1. The van der Waals surface area contributed by atoms with Crippen LogP contribution in [0.5, 0.6) is 0 Å². The number of nitrogens with zero attached hydrogens (tertiary/aromatic N) is 2. The molecule has 1 saturated heterocycles. The number of piperazine rings is 1. The maximum Gasteiger partial charge on any atom is 0.257 e. The Balaban J connectivity index is 1.44. The number of carbonyl (C=O) groups excluding carboxylic acids is 2. The molecule has 33 heavy (non-hydrogen) atoms. The first-order chi connectivity index (χ1) is 15.7. The predicted molar refractivity (Wildman–Crippen MR) is 122 cm³/mol. The number of carbonyl (C=O) groups is 2. The van der Waals surface area contributed by atoms with E-state index in [4.69, 9.17) is 0 Å². The molecular weight excluding hydrogens is 467 g/mol.